The first kappa shape index (κ1) is 15.6. The third-order valence-electron chi connectivity index (χ3n) is 3.61. The van der Waals surface area contributed by atoms with Gasteiger partial charge in [-0.3, -0.25) is 0 Å². The predicted molar refractivity (Wildman–Crippen MR) is 81.4 cm³/mol. The van der Waals surface area contributed by atoms with Crippen molar-refractivity contribution in [3.05, 3.63) is 29.8 Å². The number of hydrogen-bond acceptors (Lipinski definition) is 3. The lowest BCUT2D eigenvalue weighted by Crippen LogP contribution is -2.57. The van der Waals surface area contributed by atoms with Gasteiger partial charge in [0.1, 0.15) is 5.75 Å². The Balaban J connectivity index is 1.92. The molecule has 0 bridgehead atoms. The molecular weight excluding hydrogens is 268 g/mol. The van der Waals surface area contributed by atoms with Crippen LogP contribution < -0.4 is 10.1 Å². The van der Waals surface area contributed by atoms with Crippen LogP contribution in [0.3, 0.4) is 0 Å². The van der Waals surface area contributed by atoms with Crippen LogP contribution >= 0.6 is 0 Å². The van der Waals surface area contributed by atoms with Crippen LogP contribution in [0, 0.1) is 0 Å². The Hall–Kier alpha value is -1.75. The lowest BCUT2D eigenvalue weighted by molar-refractivity contribution is 0.0257. The molecule has 0 aliphatic carbocycles. The van der Waals surface area contributed by atoms with Gasteiger partial charge in [-0.25, -0.2) is 4.79 Å². The van der Waals surface area contributed by atoms with E-state index >= 15 is 0 Å². The van der Waals surface area contributed by atoms with Crippen LogP contribution in [0.25, 0.3) is 0 Å². The van der Waals surface area contributed by atoms with Crippen molar-refractivity contribution in [2.45, 2.75) is 38.8 Å². The van der Waals surface area contributed by atoms with Crippen molar-refractivity contribution in [1.82, 2.24) is 10.2 Å². The highest BCUT2D eigenvalue weighted by Crippen LogP contribution is 2.21. The Kier molecular flexibility index (Phi) is 5.44. The Morgan fingerprint density at radius 2 is 2.05 bits per heavy atom. The maximum absolute atomic E-state index is 12.0. The summed E-state index contributed by atoms with van der Waals surface area (Å²) < 4.78 is 5.56. The second-order valence-corrected chi connectivity index (χ2v) is 5.39. The highest BCUT2D eigenvalue weighted by molar-refractivity contribution is 5.75. The largest absolute Gasteiger partial charge is 0.494 e. The SMILES string of the molecule is CCCOc1ccc(C(CC)NC(=O)N2CC(O)C2)cc1. The summed E-state index contributed by atoms with van der Waals surface area (Å²) in [5.41, 5.74) is 1.07. The van der Waals surface area contributed by atoms with Crippen LogP contribution in [-0.2, 0) is 0 Å². The number of likely N-dealkylation sites (tertiary alicyclic amines) is 1. The van der Waals surface area contributed by atoms with Gasteiger partial charge in [0.15, 0.2) is 0 Å². The van der Waals surface area contributed by atoms with E-state index in [0.29, 0.717) is 19.7 Å². The van der Waals surface area contributed by atoms with Gasteiger partial charge in [-0.1, -0.05) is 26.0 Å². The first-order chi connectivity index (χ1) is 10.1. The summed E-state index contributed by atoms with van der Waals surface area (Å²) in [6, 6.07) is 7.73. The number of rotatable bonds is 6. The van der Waals surface area contributed by atoms with Gasteiger partial charge in [-0.15, -0.1) is 0 Å². The first-order valence-corrected chi connectivity index (χ1v) is 7.60. The molecule has 0 spiro atoms. The monoisotopic (exact) mass is 292 g/mol. The lowest BCUT2D eigenvalue weighted by atomic mass is 10.0. The van der Waals surface area contributed by atoms with E-state index in [1.165, 1.54) is 0 Å². The number of urea groups is 1. The van der Waals surface area contributed by atoms with Gasteiger partial charge >= 0.3 is 6.03 Å². The number of carbonyl (C=O) groups excluding carboxylic acids is 1. The van der Waals surface area contributed by atoms with Crippen molar-refractivity contribution in [1.29, 1.82) is 0 Å². The zero-order valence-electron chi connectivity index (χ0n) is 12.7. The number of benzene rings is 1. The molecule has 2 rings (SSSR count). The number of nitrogens with one attached hydrogen (secondary N) is 1. The lowest BCUT2D eigenvalue weighted by Gasteiger charge is -2.36. The van der Waals surface area contributed by atoms with E-state index in [9.17, 15) is 9.90 Å². The van der Waals surface area contributed by atoms with Crippen molar-refractivity contribution in [2.24, 2.45) is 0 Å². The van der Waals surface area contributed by atoms with E-state index < -0.39 is 0 Å². The van der Waals surface area contributed by atoms with Crippen LogP contribution in [0.15, 0.2) is 24.3 Å². The fraction of sp³-hybridized carbons (Fsp3) is 0.562. The molecule has 5 nitrogen and oxygen atoms in total. The number of aliphatic hydroxyl groups is 1. The zero-order chi connectivity index (χ0) is 15.2. The Bertz CT molecular complexity index is 455. The standard InChI is InChI=1S/C16H24N2O3/c1-3-9-21-14-7-5-12(6-8-14)15(4-2)17-16(20)18-10-13(19)11-18/h5-8,13,15,19H,3-4,9-11H2,1-2H3,(H,17,20). The minimum Gasteiger partial charge on any atom is -0.494 e. The molecule has 0 aromatic heterocycles. The molecule has 116 valence electrons. The van der Waals surface area contributed by atoms with E-state index in [-0.39, 0.29) is 18.2 Å². The minimum absolute atomic E-state index is 0.0181. The summed E-state index contributed by atoms with van der Waals surface area (Å²) in [5, 5.41) is 12.2. The topological polar surface area (TPSA) is 61.8 Å². The average molecular weight is 292 g/mol. The quantitative estimate of drug-likeness (QED) is 0.846. The molecule has 21 heavy (non-hydrogen) atoms. The molecule has 1 unspecified atom stereocenters. The molecular formula is C16H24N2O3. The number of aliphatic hydroxyl groups excluding tert-OH is 1. The molecule has 1 aromatic carbocycles. The predicted octanol–water partition coefficient (Wildman–Crippen LogP) is 2.31. The molecule has 0 radical (unpaired) electrons. The number of hydrogen-bond donors (Lipinski definition) is 2. The van der Waals surface area contributed by atoms with Crippen LogP contribution in [0.5, 0.6) is 5.75 Å². The number of β-amino-alcohol motifs (C(OH)–C–C–N with tert-alkyl or cyclic N) is 1. The smallest absolute Gasteiger partial charge is 0.318 e. The number of nitrogens with zero attached hydrogens (tertiary/aromatic N) is 1. The van der Waals surface area contributed by atoms with E-state index in [4.69, 9.17) is 4.74 Å². The third-order valence-corrected chi connectivity index (χ3v) is 3.61. The second-order valence-electron chi connectivity index (χ2n) is 5.39. The normalized spacial score (nSPS) is 16.2. The zero-order valence-corrected chi connectivity index (χ0v) is 12.7. The fourth-order valence-corrected chi connectivity index (χ4v) is 2.30. The van der Waals surface area contributed by atoms with Gasteiger partial charge in [-0.2, -0.15) is 0 Å². The van der Waals surface area contributed by atoms with Crippen molar-refractivity contribution in [3.63, 3.8) is 0 Å². The van der Waals surface area contributed by atoms with E-state index in [0.717, 1.165) is 24.2 Å². The fourth-order valence-electron chi connectivity index (χ4n) is 2.30. The summed E-state index contributed by atoms with van der Waals surface area (Å²) in [4.78, 5) is 13.6. The summed E-state index contributed by atoms with van der Waals surface area (Å²) in [5.74, 6) is 0.854. The first-order valence-electron chi connectivity index (χ1n) is 7.60. The number of carbonyl (C=O) groups is 1. The summed E-state index contributed by atoms with van der Waals surface area (Å²) >= 11 is 0. The number of amides is 2. The highest BCUT2D eigenvalue weighted by Gasteiger charge is 2.29. The van der Waals surface area contributed by atoms with Gasteiger partial charge in [0, 0.05) is 0 Å². The summed E-state index contributed by atoms with van der Waals surface area (Å²) in [6.45, 7) is 5.67. The van der Waals surface area contributed by atoms with Gasteiger partial charge in [0.2, 0.25) is 0 Å². The Morgan fingerprint density at radius 1 is 1.38 bits per heavy atom. The maximum Gasteiger partial charge on any atom is 0.318 e. The Morgan fingerprint density at radius 3 is 2.57 bits per heavy atom. The van der Waals surface area contributed by atoms with E-state index in [1.807, 2.05) is 31.2 Å². The maximum atomic E-state index is 12.0. The van der Waals surface area contributed by atoms with Gasteiger partial charge in [0.05, 0.1) is 31.8 Å². The van der Waals surface area contributed by atoms with Crippen molar-refractivity contribution in [3.8, 4) is 5.75 Å². The van der Waals surface area contributed by atoms with E-state index in [1.54, 1.807) is 4.90 Å². The van der Waals surface area contributed by atoms with Crippen LogP contribution in [0.1, 0.15) is 38.3 Å². The van der Waals surface area contributed by atoms with Crippen molar-refractivity contribution < 1.29 is 14.6 Å². The van der Waals surface area contributed by atoms with E-state index in [2.05, 4.69) is 12.2 Å². The minimum atomic E-state index is -0.370. The molecule has 0 saturated carbocycles. The third kappa shape index (κ3) is 4.11. The van der Waals surface area contributed by atoms with Crippen LogP contribution in [-0.4, -0.2) is 41.8 Å². The molecule has 1 aromatic rings. The van der Waals surface area contributed by atoms with Gasteiger partial charge in [0.25, 0.3) is 0 Å². The van der Waals surface area contributed by atoms with Gasteiger partial charge in [-0.05, 0) is 30.5 Å². The molecule has 1 aliphatic heterocycles. The molecule has 2 N–H and O–H groups in total. The van der Waals surface area contributed by atoms with Gasteiger partial charge < -0.3 is 20.1 Å². The molecule has 2 amide bonds. The van der Waals surface area contributed by atoms with Crippen molar-refractivity contribution in [2.75, 3.05) is 19.7 Å². The molecule has 1 atom stereocenters. The molecule has 1 heterocycles. The summed E-state index contributed by atoms with van der Waals surface area (Å²) in [6.07, 6.45) is 1.43. The highest BCUT2D eigenvalue weighted by atomic mass is 16.5. The molecule has 1 saturated heterocycles. The Labute approximate surface area is 125 Å². The molecule has 5 heteroatoms. The van der Waals surface area contributed by atoms with Crippen LogP contribution in [0.4, 0.5) is 4.79 Å². The molecule has 1 aliphatic rings. The second kappa shape index (κ2) is 7.31. The average Bonchev–Trinajstić information content (AvgIpc) is 2.48. The molecule has 1 fully saturated rings. The summed E-state index contributed by atoms with van der Waals surface area (Å²) in [7, 11) is 0. The van der Waals surface area contributed by atoms with Crippen molar-refractivity contribution >= 4 is 6.03 Å². The number of ether oxygens (including phenoxy) is 1. The van der Waals surface area contributed by atoms with Crippen LogP contribution in [0.2, 0.25) is 0 Å².